The van der Waals surface area contributed by atoms with Gasteiger partial charge in [-0.3, -0.25) is 0 Å². The maximum absolute atomic E-state index is 5.72. The van der Waals surface area contributed by atoms with Crippen LogP contribution in [0.15, 0.2) is 6.20 Å². The van der Waals surface area contributed by atoms with E-state index >= 15 is 0 Å². The third kappa shape index (κ3) is 3.27. The van der Waals surface area contributed by atoms with Crippen molar-refractivity contribution in [3.8, 4) is 0 Å². The van der Waals surface area contributed by atoms with Crippen LogP contribution >= 0.6 is 11.3 Å². The summed E-state index contributed by atoms with van der Waals surface area (Å²) in [6.45, 7) is 7.29. The molecule has 4 heteroatoms. The van der Waals surface area contributed by atoms with Crippen molar-refractivity contribution < 1.29 is 4.74 Å². The van der Waals surface area contributed by atoms with E-state index in [4.69, 9.17) is 4.74 Å². The van der Waals surface area contributed by atoms with Gasteiger partial charge in [0, 0.05) is 23.7 Å². The van der Waals surface area contributed by atoms with Crippen molar-refractivity contribution in [1.82, 2.24) is 10.3 Å². The fraction of sp³-hybridized carbons (Fsp3) is 0.750. The Labute approximate surface area is 101 Å². The topological polar surface area (TPSA) is 34.2 Å². The van der Waals surface area contributed by atoms with Crippen LogP contribution in [-0.2, 0) is 11.3 Å². The molecule has 2 unspecified atom stereocenters. The minimum Gasteiger partial charge on any atom is -0.375 e. The standard InChI is InChI=1S/C12H20N2OS/c1-8-4-11(5-9(2)15-8)13-7-12-14-6-10(3)16-12/h6,8-9,11,13H,4-5,7H2,1-3H3. The van der Waals surface area contributed by atoms with Gasteiger partial charge in [-0.15, -0.1) is 11.3 Å². The number of aryl methyl sites for hydroxylation is 1. The van der Waals surface area contributed by atoms with Gasteiger partial charge in [0.25, 0.3) is 0 Å². The molecule has 2 rings (SSSR count). The maximum atomic E-state index is 5.72. The second kappa shape index (κ2) is 5.25. The molecular weight excluding hydrogens is 220 g/mol. The molecule has 2 heterocycles. The van der Waals surface area contributed by atoms with Crippen LogP contribution in [0, 0.1) is 6.92 Å². The minimum atomic E-state index is 0.374. The van der Waals surface area contributed by atoms with Gasteiger partial charge < -0.3 is 10.1 Å². The molecule has 90 valence electrons. The van der Waals surface area contributed by atoms with E-state index in [2.05, 4.69) is 31.1 Å². The molecule has 0 saturated carbocycles. The van der Waals surface area contributed by atoms with Crippen LogP contribution in [0.3, 0.4) is 0 Å². The molecule has 0 spiro atoms. The zero-order chi connectivity index (χ0) is 11.5. The maximum Gasteiger partial charge on any atom is 0.107 e. The molecule has 16 heavy (non-hydrogen) atoms. The number of hydrogen-bond acceptors (Lipinski definition) is 4. The van der Waals surface area contributed by atoms with Crippen molar-refractivity contribution in [2.75, 3.05) is 0 Å². The highest BCUT2D eigenvalue weighted by Gasteiger charge is 2.23. The number of nitrogens with one attached hydrogen (secondary N) is 1. The SMILES string of the molecule is Cc1cnc(CNC2CC(C)OC(C)C2)s1. The van der Waals surface area contributed by atoms with Gasteiger partial charge in [-0.1, -0.05) is 0 Å². The largest absolute Gasteiger partial charge is 0.375 e. The molecule has 1 N–H and O–H groups in total. The highest BCUT2D eigenvalue weighted by atomic mass is 32.1. The van der Waals surface area contributed by atoms with Crippen LogP contribution in [0.2, 0.25) is 0 Å². The molecule has 2 atom stereocenters. The van der Waals surface area contributed by atoms with E-state index < -0.39 is 0 Å². The monoisotopic (exact) mass is 240 g/mol. The van der Waals surface area contributed by atoms with Crippen LogP contribution in [0.5, 0.6) is 0 Å². The minimum absolute atomic E-state index is 0.374. The van der Waals surface area contributed by atoms with Crippen molar-refractivity contribution in [2.45, 2.75) is 58.4 Å². The molecule has 0 radical (unpaired) electrons. The molecule has 0 bridgehead atoms. The summed E-state index contributed by atoms with van der Waals surface area (Å²) in [7, 11) is 0. The molecular formula is C12H20N2OS. The predicted octanol–water partition coefficient (Wildman–Crippen LogP) is 2.50. The van der Waals surface area contributed by atoms with Crippen LogP contribution in [0.4, 0.5) is 0 Å². The molecule has 1 aromatic heterocycles. The Morgan fingerprint density at radius 1 is 1.44 bits per heavy atom. The van der Waals surface area contributed by atoms with Gasteiger partial charge in [0.1, 0.15) is 5.01 Å². The zero-order valence-electron chi connectivity index (χ0n) is 10.2. The van der Waals surface area contributed by atoms with Gasteiger partial charge >= 0.3 is 0 Å². The first-order valence-corrected chi connectivity index (χ1v) is 6.75. The number of ether oxygens (including phenoxy) is 1. The molecule has 0 amide bonds. The summed E-state index contributed by atoms with van der Waals surface area (Å²) in [5.74, 6) is 0. The first kappa shape index (κ1) is 12.0. The third-order valence-corrected chi connectivity index (χ3v) is 3.82. The number of aromatic nitrogens is 1. The predicted molar refractivity (Wildman–Crippen MR) is 66.7 cm³/mol. The highest BCUT2D eigenvalue weighted by molar-refractivity contribution is 7.11. The molecule has 1 aliphatic rings. The molecule has 1 aliphatic heterocycles. The van der Waals surface area contributed by atoms with E-state index in [0.717, 1.165) is 19.4 Å². The summed E-state index contributed by atoms with van der Waals surface area (Å²) < 4.78 is 5.72. The zero-order valence-corrected chi connectivity index (χ0v) is 11.0. The van der Waals surface area contributed by atoms with E-state index in [1.54, 1.807) is 11.3 Å². The average molecular weight is 240 g/mol. The molecule has 0 aromatic carbocycles. The lowest BCUT2D eigenvalue weighted by atomic mass is 10.00. The van der Waals surface area contributed by atoms with E-state index in [9.17, 15) is 0 Å². The fourth-order valence-electron chi connectivity index (χ4n) is 2.29. The van der Waals surface area contributed by atoms with Gasteiger partial charge in [0.05, 0.1) is 12.2 Å². The Morgan fingerprint density at radius 3 is 2.69 bits per heavy atom. The molecule has 1 saturated heterocycles. The summed E-state index contributed by atoms with van der Waals surface area (Å²) in [5, 5.41) is 4.76. The van der Waals surface area contributed by atoms with Crippen molar-refractivity contribution in [3.63, 3.8) is 0 Å². The highest BCUT2D eigenvalue weighted by Crippen LogP contribution is 2.20. The number of thiazole rings is 1. The van der Waals surface area contributed by atoms with Crippen molar-refractivity contribution in [1.29, 1.82) is 0 Å². The van der Waals surface area contributed by atoms with E-state index in [-0.39, 0.29) is 0 Å². The Balaban J connectivity index is 1.81. The number of hydrogen-bond donors (Lipinski definition) is 1. The quantitative estimate of drug-likeness (QED) is 0.881. The van der Waals surface area contributed by atoms with Crippen LogP contribution < -0.4 is 5.32 Å². The van der Waals surface area contributed by atoms with Gasteiger partial charge in [0.2, 0.25) is 0 Å². The number of rotatable bonds is 3. The van der Waals surface area contributed by atoms with Gasteiger partial charge in [-0.2, -0.15) is 0 Å². The van der Waals surface area contributed by atoms with Crippen LogP contribution in [-0.4, -0.2) is 23.2 Å². The smallest absolute Gasteiger partial charge is 0.107 e. The molecule has 1 aromatic rings. The molecule has 0 aliphatic carbocycles. The van der Waals surface area contributed by atoms with Crippen molar-refractivity contribution in [2.24, 2.45) is 0 Å². The van der Waals surface area contributed by atoms with Crippen molar-refractivity contribution in [3.05, 3.63) is 16.1 Å². The van der Waals surface area contributed by atoms with Gasteiger partial charge in [0.15, 0.2) is 0 Å². The Morgan fingerprint density at radius 2 is 2.12 bits per heavy atom. The fourth-order valence-corrected chi connectivity index (χ4v) is 3.02. The van der Waals surface area contributed by atoms with Gasteiger partial charge in [-0.05, 0) is 33.6 Å². The average Bonchev–Trinajstić information content (AvgIpc) is 2.60. The summed E-state index contributed by atoms with van der Waals surface area (Å²) in [6.07, 6.45) is 4.90. The summed E-state index contributed by atoms with van der Waals surface area (Å²) in [6, 6.07) is 0.572. The second-order valence-electron chi connectivity index (χ2n) is 4.67. The van der Waals surface area contributed by atoms with Crippen LogP contribution in [0.25, 0.3) is 0 Å². The first-order valence-electron chi connectivity index (χ1n) is 5.93. The summed E-state index contributed by atoms with van der Waals surface area (Å²) in [5.41, 5.74) is 0. The number of nitrogens with zero attached hydrogens (tertiary/aromatic N) is 1. The Kier molecular flexibility index (Phi) is 3.95. The lowest BCUT2D eigenvalue weighted by Crippen LogP contribution is -2.40. The third-order valence-electron chi connectivity index (χ3n) is 2.91. The lowest BCUT2D eigenvalue weighted by Gasteiger charge is -2.32. The Bertz CT molecular complexity index is 330. The van der Waals surface area contributed by atoms with Gasteiger partial charge in [-0.25, -0.2) is 4.98 Å². The Hall–Kier alpha value is -0.450. The molecule has 3 nitrogen and oxygen atoms in total. The first-order chi connectivity index (χ1) is 7.63. The lowest BCUT2D eigenvalue weighted by molar-refractivity contribution is -0.0422. The van der Waals surface area contributed by atoms with Crippen LogP contribution in [0.1, 0.15) is 36.6 Å². The summed E-state index contributed by atoms with van der Waals surface area (Å²) in [4.78, 5) is 5.65. The van der Waals surface area contributed by atoms with E-state index in [1.807, 2.05) is 6.20 Å². The van der Waals surface area contributed by atoms with Crippen molar-refractivity contribution >= 4 is 11.3 Å². The van der Waals surface area contributed by atoms with E-state index in [1.165, 1.54) is 9.88 Å². The second-order valence-corrected chi connectivity index (χ2v) is 5.99. The normalized spacial score (nSPS) is 30.6. The van der Waals surface area contributed by atoms with E-state index in [0.29, 0.717) is 18.2 Å². The molecule has 1 fully saturated rings. The summed E-state index contributed by atoms with van der Waals surface area (Å²) >= 11 is 1.77.